The first-order chi connectivity index (χ1) is 16.0. The van der Waals surface area contributed by atoms with Gasteiger partial charge < -0.3 is 14.6 Å². The lowest BCUT2D eigenvalue weighted by molar-refractivity contribution is -0.126. The van der Waals surface area contributed by atoms with Gasteiger partial charge in [-0.05, 0) is 42.0 Å². The van der Waals surface area contributed by atoms with Crippen molar-refractivity contribution in [2.24, 2.45) is 5.92 Å². The molecule has 1 N–H and O–H groups in total. The number of benzene rings is 3. The maximum atomic E-state index is 13.7. The fourth-order valence-electron chi connectivity index (χ4n) is 4.48. The molecule has 0 radical (unpaired) electrons. The van der Waals surface area contributed by atoms with Crippen molar-refractivity contribution >= 4 is 23.2 Å². The molecule has 2 heterocycles. The molecular formula is C25H22N2O6. The smallest absolute Gasteiger partial charge is 0.266 e. The number of methoxy groups -OCH3 is 2. The summed E-state index contributed by atoms with van der Waals surface area (Å²) in [4.78, 5) is 34.4. The lowest BCUT2D eigenvalue weighted by Crippen LogP contribution is -2.37. The van der Waals surface area contributed by atoms with E-state index < -0.39 is 24.0 Å². The first kappa shape index (κ1) is 20.8. The van der Waals surface area contributed by atoms with Crippen molar-refractivity contribution in [2.75, 3.05) is 24.2 Å². The van der Waals surface area contributed by atoms with Crippen LogP contribution in [0, 0.1) is 5.92 Å². The number of para-hydroxylation sites is 3. The van der Waals surface area contributed by atoms with Crippen LogP contribution < -0.4 is 19.4 Å². The van der Waals surface area contributed by atoms with E-state index in [1.54, 1.807) is 41.5 Å². The molecule has 0 aliphatic carbocycles. The van der Waals surface area contributed by atoms with Crippen LogP contribution in [-0.2, 0) is 14.4 Å². The summed E-state index contributed by atoms with van der Waals surface area (Å²) in [5.41, 5.74) is 1.75. The van der Waals surface area contributed by atoms with Gasteiger partial charge in [0.1, 0.15) is 11.7 Å². The zero-order valence-corrected chi connectivity index (χ0v) is 18.0. The second-order valence-corrected chi connectivity index (χ2v) is 7.77. The Kier molecular flexibility index (Phi) is 5.14. The van der Waals surface area contributed by atoms with Crippen LogP contribution in [0.1, 0.15) is 11.6 Å². The molecule has 3 unspecified atom stereocenters. The van der Waals surface area contributed by atoms with E-state index in [1.165, 1.54) is 20.3 Å². The quantitative estimate of drug-likeness (QED) is 0.601. The van der Waals surface area contributed by atoms with Crippen molar-refractivity contribution in [3.8, 4) is 17.2 Å². The average Bonchev–Trinajstić information content (AvgIpc) is 3.36. The number of phenolic OH excluding ortho intramolecular Hbond substituents is 1. The topological polar surface area (TPSA) is 88.5 Å². The van der Waals surface area contributed by atoms with Crippen molar-refractivity contribution in [3.63, 3.8) is 0 Å². The van der Waals surface area contributed by atoms with E-state index in [9.17, 15) is 14.7 Å². The van der Waals surface area contributed by atoms with Crippen molar-refractivity contribution in [1.82, 2.24) is 0 Å². The minimum Gasteiger partial charge on any atom is -0.504 e. The van der Waals surface area contributed by atoms with Gasteiger partial charge in [0.15, 0.2) is 17.6 Å². The van der Waals surface area contributed by atoms with Crippen LogP contribution in [0.5, 0.6) is 17.2 Å². The van der Waals surface area contributed by atoms with Crippen LogP contribution in [0.3, 0.4) is 0 Å². The number of fused-ring (bicyclic) bond motifs is 1. The Labute approximate surface area is 190 Å². The number of hydroxylamine groups is 1. The average molecular weight is 446 g/mol. The fraction of sp³-hybridized carbons (Fsp3) is 0.200. The number of anilines is 2. The van der Waals surface area contributed by atoms with E-state index in [-0.39, 0.29) is 17.4 Å². The summed E-state index contributed by atoms with van der Waals surface area (Å²) in [6, 6.07) is 20.4. The number of aromatic hydroxyl groups is 1. The second-order valence-electron chi connectivity index (χ2n) is 7.77. The summed E-state index contributed by atoms with van der Waals surface area (Å²) in [5.74, 6) is -0.984. The molecule has 3 aromatic carbocycles. The van der Waals surface area contributed by atoms with Gasteiger partial charge in [-0.2, -0.15) is 0 Å². The molecule has 0 spiro atoms. The Morgan fingerprint density at radius 3 is 2.27 bits per heavy atom. The molecule has 2 aliphatic rings. The number of ether oxygens (including phenoxy) is 2. The number of hydrogen-bond acceptors (Lipinski definition) is 7. The summed E-state index contributed by atoms with van der Waals surface area (Å²) >= 11 is 0. The highest BCUT2D eigenvalue weighted by Crippen LogP contribution is 2.49. The third-order valence-electron chi connectivity index (χ3n) is 6.00. The Balaban J connectivity index is 1.62. The zero-order valence-electron chi connectivity index (χ0n) is 18.0. The highest BCUT2D eigenvalue weighted by molar-refractivity contribution is 6.24. The monoisotopic (exact) mass is 446 g/mol. The molecule has 2 fully saturated rings. The standard InChI is InChI=1S/C25H22N2O6/c1-31-19-11-7-6-10-17(19)26-24(29)21-22(15-12-13-18(28)20(14-15)32-2)27(33-23(21)25(26)30)16-8-4-3-5-9-16/h3-14,21-23,28H,1-2H3. The lowest BCUT2D eigenvalue weighted by Gasteiger charge is -2.29. The molecule has 8 heteroatoms. The zero-order chi connectivity index (χ0) is 23.1. The first-order valence-corrected chi connectivity index (χ1v) is 10.4. The van der Waals surface area contributed by atoms with Gasteiger partial charge in [0.05, 0.1) is 31.6 Å². The number of imide groups is 1. The molecule has 0 saturated carbocycles. The minimum absolute atomic E-state index is 0.0209. The van der Waals surface area contributed by atoms with E-state index >= 15 is 0 Å². The maximum absolute atomic E-state index is 13.7. The van der Waals surface area contributed by atoms with Crippen LogP contribution in [-0.4, -0.2) is 37.2 Å². The number of amides is 2. The number of hydrogen-bond donors (Lipinski definition) is 1. The number of rotatable bonds is 5. The van der Waals surface area contributed by atoms with Gasteiger partial charge in [-0.25, -0.2) is 9.96 Å². The highest BCUT2D eigenvalue weighted by atomic mass is 16.7. The molecular weight excluding hydrogens is 424 g/mol. The van der Waals surface area contributed by atoms with Gasteiger partial charge in [-0.1, -0.05) is 36.4 Å². The van der Waals surface area contributed by atoms with Crippen molar-refractivity contribution in [2.45, 2.75) is 12.1 Å². The Morgan fingerprint density at radius 2 is 1.55 bits per heavy atom. The van der Waals surface area contributed by atoms with Gasteiger partial charge in [0, 0.05) is 0 Å². The molecule has 0 bridgehead atoms. The van der Waals surface area contributed by atoms with E-state index in [1.807, 2.05) is 30.3 Å². The third kappa shape index (κ3) is 3.27. The molecule has 33 heavy (non-hydrogen) atoms. The van der Waals surface area contributed by atoms with E-state index in [0.29, 0.717) is 22.7 Å². The second kappa shape index (κ2) is 8.14. The largest absolute Gasteiger partial charge is 0.504 e. The van der Waals surface area contributed by atoms with Crippen LogP contribution in [0.25, 0.3) is 0 Å². The molecule has 3 aromatic rings. The predicted octanol–water partition coefficient (Wildman–Crippen LogP) is 3.46. The number of nitrogens with zero attached hydrogens (tertiary/aromatic N) is 2. The Hall–Kier alpha value is -4.04. The summed E-state index contributed by atoms with van der Waals surface area (Å²) in [6.07, 6.45) is -1.01. The molecule has 2 amide bonds. The van der Waals surface area contributed by atoms with Gasteiger partial charge in [0.25, 0.3) is 5.91 Å². The van der Waals surface area contributed by atoms with E-state index in [0.717, 1.165) is 4.90 Å². The molecule has 2 aliphatic heterocycles. The third-order valence-corrected chi connectivity index (χ3v) is 6.00. The van der Waals surface area contributed by atoms with Crippen LogP contribution in [0.15, 0.2) is 72.8 Å². The molecule has 8 nitrogen and oxygen atoms in total. The van der Waals surface area contributed by atoms with Gasteiger partial charge in [-0.3, -0.25) is 14.4 Å². The van der Waals surface area contributed by atoms with Gasteiger partial charge in [0.2, 0.25) is 5.91 Å². The SMILES string of the molecule is COc1cc(C2C3C(=O)N(c4ccccc4OC)C(=O)C3ON2c2ccccc2)ccc1O. The summed E-state index contributed by atoms with van der Waals surface area (Å²) in [6.45, 7) is 0. The minimum atomic E-state index is -1.01. The fourth-order valence-corrected chi connectivity index (χ4v) is 4.48. The molecule has 5 rings (SSSR count). The molecule has 168 valence electrons. The Morgan fingerprint density at radius 1 is 0.848 bits per heavy atom. The van der Waals surface area contributed by atoms with E-state index in [4.69, 9.17) is 14.3 Å². The molecule has 2 saturated heterocycles. The van der Waals surface area contributed by atoms with Crippen molar-refractivity contribution in [3.05, 3.63) is 78.4 Å². The first-order valence-electron chi connectivity index (χ1n) is 10.4. The molecule has 0 aromatic heterocycles. The Bertz CT molecular complexity index is 1210. The van der Waals surface area contributed by atoms with Crippen molar-refractivity contribution in [1.29, 1.82) is 0 Å². The lowest BCUT2D eigenvalue weighted by atomic mass is 9.90. The summed E-state index contributed by atoms with van der Waals surface area (Å²) < 4.78 is 10.7. The molecule has 3 atom stereocenters. The predicted molar refractivity (Wildman–Crippen MR) is 120 cm³/mol. The summed E-state index contributed by atoms with van der Waals surface area (Å²) in [5, 5.41) is 11.7. The number of carbonyl (C=O) groups excluding carboxylic acids is 2. The van der Waals surface area contributed by atoms with Gasteiger partial charge >= 0.3 is 0 Å². The van der Waals surface area contributed by atoms with Crippen molar-refractivity contribution < 1.29 is 29.0 Å². The highest BCUT2D eigenvalue weighted by Gasteiger charge is 2.60. The van der Waals surface area contributed by atoms with Crippen LogP contribution in [0.2, 0.25) is 0 Å². The van der Waals surface area contributed by atoms with Crippen LogP contribution in [0.4, 0.5) is 11.4 Å². The normalized spacial score (nSPS) is 21.9. The van der Waals surface area contributed by atoms with Gasteiger partial charge in [-0.15, -0.1) is 0 Å². The number of phenols is 1. The number of carbonyl (C=O) groups is 2. The maximum Gasteiger partial charge on any atom is 0.266 e. The summed E-state index contributed by atoms with van der Waals surface area (Å²) in [7, 11) is 2.94. The van der Waals surface area contributed by atoms with Crippen LogP contribution >= 0.6 is 0 Å². The van der Waals surface area contributed by atoms with E-state index in [2.05, 4.69) is 0 Å².